The number of hydrogen-bond acceptors (Lipinski definition) is 4. The average molecular weight is 285 g/mol. The molecule has 1 heterocycles. The summed E-state index contributed by atoms with van der Waals surface area (Å²) >= 11 is 0. The summed E-state index contributed by atoms with van der Waals surface area (Å²) in [5.41, 5.74) is 1.31. The summed E-state index contributed by atoms with van der Waals surface area (Å²) < 4.78 is 5.41. The molecule has 21 heavy (non-hydrogen) atoms. The number of aromatic nitrogens is 2. The minimum Gasteiger partial charge on any atom is -0.339 e. The second-order valence-corrected chi connectivity index (χ2v) is 5.80. The van der Waals surface area contributed by atoms with Crippen molar-refractivity contribution in [2.45, 2.75) is 45.1 Å². The third-order valence-electron chi connectivity index (χ3n) is 4.04. The summed E-state index contributed by atoms with van der Waals surface area (Å²) in [6.07, 6.45) is 5.30. The van der Waals surface area contributed by atoms with Gasteiger partial charge in [-0.3, -0.25) is 0 Å². The van der Waals surface area contributed by atoms with Crippen LogP contribution in [0.25, 0.3) is 0 Å². The topological polar surface area (TPSA) is 51.0 Å². The van der Waals surface area contributed by atoms with Gasteiger partial charge in [-0.2, -0.15) is 4.98 Å². The predicted octanol–water partition coefficient (Wildman–Crippen LogP) is 2.79. The van der Waals surface area contributed by atoms with E-state index >= 15 is 0 Å². The van der Waals surface area contributed by atoms with E-state index in [0.29, 0.717) is 6.04 Å². The second-order valence-electron chi connectivity index (χ2n) is 5.80. The van der Waals surface area contributed by atoms with Crippen molar-refractivity contribution < 1.29 is 4.52 Å². The molecule has 0 aliphatic heterocycles. The quantitative estimate of drug-likeness (QED) is 0.810. The zero-order chi connectivity index (χ0) is 14.5. The van der Waals surface area contributed by atoms with Crippen molar-refractivity contribution >= 4 is 0 Å². The van der Waals surface area contributed by atoms with Gasteiger partial charge in [0.15, 0.2) is 5.82 Å². The molecular weight excluding hydrogens is 262 g/mol. The third-order valence-corrected chi connectivity index (χ3v) is 4.04. The van der Waals surface area contributed by atoms with Crippen molar-refractivity contribution in [1.82, 2.24) is 15.5 Å². The van der Waals surface area contributed by atoms with Crippen molar-refractivity contribution in [1.29, 1.82) is 0 Å². The summed E-state index contributed by atoms with van der Waals surface area (Å²) in [5, 5.41) is 7.64. The van der Waals surface area contributed by atoms with E-state index in [2.05, 4.69) is 46.6 Å². The van der Waals surface area contributed by atoms with Crippen LogP contribution in [0, 0.1) is 5.92 Å². The van der Waals surface area contributed by atoms with Gasteiger partial charge in [0.25, 0.3) is 0 Å². The lowest BCUT2D eigenvalue weighted by molar-refractivity contribution is 0.344. The van der Waals surface area contributed by atoms with Gasteiger partial charge in [-0.1, -0.05) is 42.4 Å². The largest absolute Gasteiger partial charge is 0.339 e. The number of nitrogens with one attached hydrogen (secondary N) is 1. The van der Waals surface area contributed by atoms with Gasteiger partial charge >= 0.3 is 0 Å². The highest BCUT2D eigenvalue weighted by Crippen LogP contribution is 2.33. The summed E-state index contributed by atoms with van der Waals surface area (Å²) in [5.74, 6) is 2.39. The molecule has 1 aromatic carbocycles. The molecule has 4 heteroatoms. The van der Waals surface area contributed by atoms with Crippen LogP contribution in [0.3, 0.4) is 0 Å². The normalized spacial score (nSPS) is 16.0. The summed E-state index contributed by atoms with van der Waals surface area (Å²) in [6, 6.07) is 10.9. The van der Waals surface area contributed by atoms with Gasteiger partial charge in [0.2, 0.25) is 5.89 Å². The van der Waals surface area contributed by atoms with E-state index in [-0.39, 0.29) is 0 Å². The van der Waals surface area contributed by atoms with Gasteiger partial charge in [0.1, 0.15) is 0 Å². The van der Waals surface area contributed by atoms with Crippen molar-refractivity contribution in [2.24, 2.45) is 5.92 Å². The van der Waals surface area contributed by atoms with E-state index in [4.69, 9.17) is 4.52 Å². The first-order valence-electron chi connectivity index (χ1n) is 7.94. The average Bonchev–Trinajstić information content (AvgIpc) is 3.27. The van der Waals surface area contributed by atoms with Crippen molar-refractivity contribution in [3.8, 4) is 0 Å². The Labute approximate surface area is 126 Å². The fourth-order valence-corrected chi connectivity index (χ4v) is 2.73. The molecule has 2 aromatic rings. The number of hydrogen-bond donors (Lipinski definition) is 1. The molecule has 0 amide bonds. The van der Waals surface area contributed by atoms with Crippen LogP contribution in [0.15, 0.2) is 34.9 Å². The Morgan fingerprint density at radius 2 is 2.05 bits per heavy atom. The van der Waals surface area contributed by atoms with Crippen molar-refractivity contribution in [2.75, 3.05) is 6.54 Å². The molecule has 4 nitrogen and oxygen atoms in total. The smallest absolute Gasteiger partial charge is 0.228 e. The molecule has 0 spiro atoms. The molecule has 1 unspecified atom stereocenters. The number of rotatable bonds is 8. The van der Waals surface area contributed by atoms with Gasteiger partial charge in [0, 0.05) is 18.9 Å². The molecule has 112 valence electrons. The Kier molecular flexibility index (Phi) is 4.65. The van der Waals surface area contributed by atoms with Gasteiger partial charge in [-0.15, -0.1) is 0 Å². The standard InChI is InChI=1S/C17H23N3O/c1-2-18-15(14-9-10-14)12-17-19-16(20-21-17)11-8-13-6-4-3-5-7-13/h3-7,14-15,18H,2,8-12H2,1H3. The van der Waals surface area contributed by atoms with E-state index in [9.17, 15) is 0 Å². The Balaban J connectivity index is 1.53. The molecule has 0 bridgehead atoms. The molecular formula is C17H23N3O. The highest BCUT2D eigenvalue weighted by Gasteiger charge is 2.31. The first kappa shape index (κ1) is 14.3. The molecule has 1 atom stereocenters. The van der Waals surface area contributed by atoms with Crippen LogP contribution in [-0.4, -0.2) is 22.7 Å². The number of nitrogens with zero attached hydrogens (tertiary/aromatic N) is 2. The zero-order valence-electron chi connectivity index (χ0n) is 12.6. The maximum Gasteiger partial charge on any atom is 0.228 e. The number of aryl methyl sites for hydroxylation is 2. The third kappa shape index (κ3) is 4.14. The lowest BCUT2D eigenvalue weighted by atomic mass is 10.1. The van der Waals surface area contributed by atoms with Crippen LogP contribution >= 0.6 is 0 Å². The minimum absolute atomic E-state index is 0.498. The SMILES string of the molecule is CCNC(Cc1nc(CCc2ccccc2)no1)C1CC1. The van der Waals surface area contributed by atoms with E-state index in [1.54, 1.807) is 0 Å². The van der Waals surface area contributed by atoms with Gasteiger partial charge < -0.3 is 9.84 Å². The fourth-order valence-electron chi connectivity index (χ4n) is 2.73. The molecule has 3 rings (SSSR count). The number of benzene rings is 1. The fraction of sp³-hybridized carbons (Fsp3) is 0.529. The molecule has 1 fully saturated rings. The summed E-state index contributed by atoms with van der Waals surface area (Å²) in [7, 11) is 0. The van der Waals surface area contributed by atoms with Crippen LogP contribution in [0.5, 0.6) is 0 Å². The lowest BCUT2D eigenvalue weighted by Gasteiger charge is -2.14. The molecule has 0 radical (unpaired) electrons. The van der Waals surface area contributed by atoms with E-state index < -0.39 is 0 Å². The zero-order valence-corrected chi connectivity index (χ0v) is 12.6. The Morgan fingerprint density at radius 1 is 1.24 bits per heavy atom. The van der Waals surface area contributed by atoms with Crippen LogP contribution in [-0.2, 0) is 19.3 Å². The highest BCUT2D eigenvalue weighted by atomic mass is 16.5. The van der Waals surface area contributed by atoms with E-state index in [1.165, 1.54) is 18.4 Å². The van der Waals surface area contributed by atoms with Gasteiger partial charge in [-0.25, -0.2) is 0 Å². The Hall–Kier alpha value is -1.68. The molecule has 1 aliphatic carbocycles. The predicted molar refractivity (Wildman–Crippen MR) is 82.0 cm³/mol. The van der Waals surface area contributed by atoms with Crippen LogP contribution < -0.4 is 5.32 Å². The summed E-state index contributed by atoms with van der Waals surface area (Å²) in [4.78, 5) is 4.54. The lowest BCUT2D eigenvalue weighted by Crippen LogP contribution is -2.33. The minimum atomic E-state index is 0.498. The van der Waals surface area contributed by atoms with E-state index in [1.807, 2.05) is 6.07 Å². The van der Waals surface area contributed by atoms with Gasteiger partial charge in [-0.05, 0) is 37.3 Å². The van der Waals surface area contributed by atoms with Crippen LogP contribution in [0.1, 0.15) is 37.0 Å². The number of likely N-dealkylation sites (N-methyl/N-ethyl adjacent to an activating group) is 1. The Bertz CT molecular complexity index is 548. The van der Waals surface area contributed by atoms with Crippen LogP contribution in [0.2, 0.25) is 0 Å². The maximum atomic E-state index is 5.41. The first-order valence-corrected chi connectivity index (χ1v) is 7.94. The summed E-state index contributed by atoms with van der Waals surface area (Å²) in [6.45, 7) is 3.14. The maximum absolute atomic E-state index is 5.41. The molecule has 1 saturated carbocycles. The molecule has 1 aromatic heterocycles. The Morgan fingerprint density at radius 3 is 2.76 bits per heavy atom. The van der Waals surface area contributed by atoms with Gasteiger partial charge in [0.05, 0.1) is 0 Å². The highest BCUT2D eigenvalue weighted by molar-refractivity contribution is 5.15. The van der Waals surface area contributed by atoms with E-state index in [0.717, 1.165) is 43.4 Å². The van der Waals surface area contributed by atoms with Crippen LogP contribution in [0.4, 0.5) is 0 Å². The molecule has 1 aliphatic rings. The second kappa shape index (κ2) is 6.85. The molecule has 0 saturated heterocycles. The first-order chi connectivity index (χ1) is 10.3. The van der Waals surface area contributed by atoms with Crippen molar-refractivity contribution in [3.63, 3.8) is 0 Å². The van der Waals surface area contributed by atoms with Crippen molar-refractivity contribution in [3.05, 3.63) is 47.6 Å². The monoisotopic (exact) mass is 285 g/mol. The molecule has 1 N–H and O–H groups in total.